The van der Waals surface area contributed by atoms with Gasteiger partial charge in [0.25, 0.3) is 0 Å². The highest BCUT2D eigenvalue weighted by molar-refractivity contribution is 5.85. The zero-order valence-electron chi connectivity index (χ0n) is 11.2. The smallest absolute Gasteiger partial charge is 0.376 e. The Hall–Kier alpha value is -2.18. The van der Waals surface area contributed by atoms with Gasteiger partial charge in [-0.15, -0.1) is 0 Å². The van der Waals surface area contributed by atoms with E-state index in [0.717, 1.165) is 0 Å². The molecule has 7 heteroatoms. The van der Waals surface area contributed by atoms with Crippen LogP contribution in [0.5, 0.6) is 0 Å². The molecule has 1 rings (SSSR count). The van der Waals surface area contributed by atoms with Crippen LogP contribution in [0.4, 0.5) is 5.82 Å². The van der Waals surface area contributed by atoms with Crippen LogP contribution in [0.2, 0.25) is 0 Å². The third-order valence-corrected chi connectivity index (χ3v) is 2.48. The Morgan fingerprint density at radius 2 is 2.11 bits per heavy atom. The quantitative estimate of drug-likeness (QED) is 0.764. The molecular weight excluding hydrogens is 250 g/mol. The topological polar surface area (TPSA) is 92.6 Å². The Balaban J connectivity index is 2.79. The third-order valence-electron chi connectivity index (χ3n) is 2.48. The fourth-order valence-electron chi connectivity index (χ4n) is 1.51. The van der Waals surface area contributed by atoms with Gasteiger partial charge in [-0.1, -0.05) is 0 Å². The molecular formula is C12H17N3O4. The van der Waals surface area contributed by atoms with Gasteiger partial charge in [-0.3, -0.25) is 4.79 Å². The van der Waals surface area contributed by atoms with Gasteiger partial charge in [0.05, 0.1) is 7.11 Å². The van der Waals surface area contributed by atoms with E-state index in [1.54, 1.807) is 24.9 Å². The van der Waals surface area contributed by atoms with Crippen LogP contribution in [0.15, 0.2) is 6.07 Å². The van der Waals surface area contributed by atoms with E-state index < -0.39 is 11.9 Å². The molecule has 0 saturated carbocycles. The summed E-state index contributed by atoms with van der Waals surface area (Å²) in [4.78, 5) is 31.7. The van der Waals surface area contributed by atoms with Gasteiger partial charge in [-0.25, -0.2) is 14.8 Å². The first-order chi connectivity index (χ1) is 8.93. The van der Waals surface area contributed by atoms with Crippen molar-refractivity contribution in [2.45, 2.75) is 19.8 Å². The van der Waals surface area contributed by atoms with E-state index in [-0.39, 0.29) is 12.2 Å². The van der Waals surface area contributed by atoms with E-state index in [2.05, 4.69) is 14.7 Å². The summed E-state index contributed by atoms with van der Waals surface area (Å²) in [5.41, 5.74) is 0.649. The maximum absolute atomic E-state index is 11.4. The van der Waals surface area contributed by atoms with E-state index >= 15 is 0 Å². The fraction of sp³-hybridized carbons (Fsp3) is 0.500. The number of methoxy groups -OCH3 is 1. The van der Waals surface area contributed by atoms with Gasteiger partial charge in [0, 0.05) is 31.8 Å². The third kappa shape index (κ3) is 4.53. The number of aromatic nitrogens is 2. The average molecular weight is 267 g/mol. The average Bonchev–Trinajstić information content (AvgIpc) is 2.36. The molecule has 0 aliphatic carbocycles. The van der Waals surface area contributed by atoms with E-state index in [0.29, 0.717) is 24.5 Å². The number of hydrogen-bond acceptors (Lipinski definition) is 6. The first kappa shape index (κ1) is 14.9. The van der Waals surface area contributed by atoms with Gasteiger partial charge >= 0.3 is 11.9 Å². The lowest BCUT2D eigenvalue weighted by atomic mass is 10.3. The molecule has 1 heterocycles. The second-order valence-corrected chi connectivity index (χ2v) is 4.10. The Labute approximate surface area is 111 Å². The van der Waals surface area contributed by atoms with Crippen molar-refractivity contribution in [2.24, 2.45) is 0 Å². The van der Waals surface area contributed by atoms with Crippen molar-refractivity contribution in [3.8, 4) is 0 Å². The van der Waals surface area contributed by atoms with Crippen LogP contribution in [-0.2, 0) is 9.53 Å². The summed E-state index contributed by atoms with van der Waals surface area (Å²) >= 11 is 0. The predicted molar refractivity (Wildman–Crippen MR) is 68.2 cm³/mol. The maximum Gasteiger partial charge on any atom is 0.376 e. The van der Waals surface area contributed by atoms with Crippen LogP contribution in [0.1, 0.15) is 29.2 Å². The number of anilines is 1. The van der Waals surface area contributed by atoms with E-state index in [1.165, 1.54) is 7.11 Å². The van der Waals surface area contributed by atoms with Crippen molar-refractivity contribution in [1.82, 2.24) is 9.97 Å². The van der Waals surface area contributed by atoms with Crippen LogP contribution in [0.3, 0.4) is 0 Å². The molecule has 7 nitrogen and oxygen atoms in total. The fourth-order valence-corrected chi connectivity index (χ4v) is 1.51. The first-order valence-corrected chi connectivity index (χ1v) is 5.81. The molecule has 0 radical (unpaired) electrons. The number of carboxylic acid groups (broad SMARTS) is 1. The zero-order chi connectivity index (χ0) is 14.4. The number of aliphatic carboxylic acids is 1. The molecule has 0 aliphatic rings. The number of carbonyl (C=O) groups excluding carboxylic acids is 1. The van der Waals surface area contributed by atoms with Crippen LogP contribution < -0.4 is 4.90 Å². The highest BCUT2D eigenvalue weighted by Gasteiger charge is 2.13. The van der Waals surface area contributed by atoms with Gasteiger partial charge < -0.3 is 14.7 Å². The molecule has 0 aromatic carbocycles. The number of carbonyl (C=O) groups is 2. The van der Waals surface area contributed by atoms with Gasteiger partial charge in [0.15, 0.2) is 0 Å². The summed E-state index contributed by atoms with van der Waals surface area (Å²) < 4.78 is 4.58. The Bertz CT molecular complexity index is 476. The number of esters is 1. The first-order valence-electron chi connectivity index (χ1n) is 5.81. The molecule has 0 amide bonds. The highest BCUT2D eigenvalue weighted by atomic mass is 16.5. The minimum absolute atomic E-state index is 0.00239. The highest BCUT2D eigenvalue weighted by Crippen LogP contribution is 2.12. The van der Waals surface area contributed by atoms with Crippen molar-refractivity contribution < 1.29 is 19.4 Å². The summed E-state index contributed by atoms with van der Waals surface area (Å²) in [6.07, 6.45) is 0.598. The minimum atomic E-state index is -0.831. The van der Waals surface area contributed by atoms with E-state index in [4.69, 9.17) is 5.11 Å². The number of aryl methyl sites for hydroxylation is 1. The molecule has 1 N–H and O–H groups in total. The molecule has 0 aliphatic heterocycles. The Kier molecular flexibility index (Phi) is 5.23. The number of ether oxygens (including phenoxy) is 1. The summed E-state index contributed by atoms with van der Waals surface area (Å²) in [5.74, 6) is -0.854. The largest absolute Gasteiger partial charge is 0.481 e. The van der Waals surface area contributed by atoms with Crippen LogP contribution in [-0.4, -0.2) is 47.7 Å². The molecule has 0 spiro atoms. The van der Waals surface area contributed by atoms with Crippen LogP contribution >= 0.6 is 0 Å². The maximum atomic E-state index is 11.4. The SMILES string of the molecule is COC(=O)c1nc(C)cc(N(C)CCCC(=O)O)n1. The van der Waals surface area contributed by atoms with E-state index in [1.807, 2.05) is 0 Å². The lowest BCUT2D eigenvalue weighted by Gasteiger charge is -2.18. The molecule has 104 valence electrons. The standard InChI is InChI=1S/C12H17N3O4/c1-8-7-9(14-11(13-8)12(18)19-3)15(2)6-4-5-10(16)17/h7H,4-6H2,1-3H3,(H,16,17). The second kappa shape index (κ2) is 6.67. The second-order valence-electron chi connectivity index (χ2n) is 4.10. The number of rotatable bonds is 6. The van der Waals surface area contributed by atoms with Crippen molar-refractivity contribution in [2.75, 3.05) is 25.6 Å². The molecule has 0 saturated heterocycles. The minimum Gasteiger partial charge on any atom is -0.481 e. The van der Waals surface area contributed by atoms with Gasteiger partial charge in [-0.05, 0) is 13.3 Å². The monoisotopic (exact) mass is 267 g/mol. The molecule has 0 bridgehead atoms. The number of nitrogens with zero attached hydrogens (tertiary/aromatic N) is 3. The van der Waals surface area contributed by atoms with Gasteiger partial charge in [-0.2, -0.15) is 0 Å². The molecule has 1 aromatic heterocycles. The van der Waals surface area contributed by atoms with Crippen molar-refractivity contribution in [3.63, 3.8) is 0 Å². The molecule has 19 heavy (non-hydrogen) atoms. The van der Waals surface area contributed by atoms with Gasteiger partial charge in [0.2, 0.25) is 5.82 Å². The van der Waals surface area contributed by atoms with Crippen LogP contribution in [0, 0.1) is 6.92 Å². The number of hydrogen-bond donors (Lipinski definition) is 1. The Morgan fingerprint density at radius 1 is 1.42 bits per heavy atom. The Morgan fingerprint density at radius 3 is 2.68 bits per heavy atom. The lowest BCUT2D eigenvalue weighted by Crippen LogP contribution is -2.22. The molecule has 1 aromatic rings. The predicted octanol–water partition coefficient (Wildman–Crippen LogP) is 0.873. The van der Waals surface area contributed by atoms with Crippen LogP contribution in [0.25, 0.3) is 0 Å². The summed E-state index contributed by atoms with van der Waals surface area (Å²) in [5, 5.41) is 8.58. The normalized spacial score (nSPS) is 10.1. The van der Waals surface area contributed by atoms with E-state index in [9.17, 15) is 9.59 Å². The molecule has 0 atom stereocenters. The van der Waals surface area contributed by atoms with Gasteiger partial charge in [0.1, 0.15) is 5.82 Å². The summed E-state index contributed by atoms with van der Waals surface area (Å²) in [7, 11) is 3.05. The van der Waals surface area contributed by atoms with Crippen molar-refractivity contribution in [3.05, 3.63) is 17.6 Å². The number of carboxylic acids is 1. The molecule has 0 unspecified atom stereocenters. The summed E-state index contributed by atoms with van der Waals surface area (Å²) in [6, 6.07) is 1.73. The lowest BCUT2D eigenvalue weighted by molar-refractivity contribution is -0.137. The van der Waals surface area contributed by atoms with Crippen molar-refractivity contribution in [1.29, 1.82) is 0 Å². The molecule has 0 fully saturated rings. The van der Waals surface area contributed by atoms with Crippen molar-refractivity contribution >= 4 is 17.8 Å². The zero-order valence-corrected chi connectivity index (χ0v) is 11.2. The summed E-state index contributed by atoms with van der Waals surface area (Å²) in [6.45, 7) is 2.28.